The van der Waals surface area contributed by atoms with Crippen LogP contribution in [0.15, 0.2) is 59.6 Å². The number of hydrogen-bond acceptors (Lipinski definition) is 3. The van der Waals surface area contributed by atoms with Crippen molar-refractivity contribution in [3.8, 4) is 5.75 Å². The summed E-state index contributed by atoms with van der Waals surface area (Å²) in [5.41, 5.74) is 2.35. The first-order chi connectivity index (χ1) is 13.3. The van der Waals surface area contributed by atoms with Gasteiger partial charge in [-0.05, 0) is 24.7 Å². The van der Waals surface area contributed by atoms with Gasteiger partial charge in [0.05, 0.1) is 0 Å². The number of ether oxygens (including phenoxy) is 1. The first-order valence-corrected chi connectivity index (χ1v) is 9.68. The third kappa shape index (κ3) is 7.31. The summed E-state index contributed by atoms with van der Waals surface area (Å²) < 4.78 is 6.02. The van der Waals surface area contributed by atoms with Crippen LogP contribution in [0, 0.1) is 0 Å². The van der Waals surface area contributed by atoms with Crippen molar-refractivity contribution in [1.82, 2.24) is 15.5 Å². The molecule has 0 saturated heterocycles. The Morgan fingerprint density at radius 1 is 0.926 bits per heavy atom. The maximum Gasteiger partial charge on any atom is 0.191 e. The van der Waals surface area contributed by atoms with Gasteiger partial charge in [-0.15, -0.1) is 0 Å². The van der Waals surface area contributed by atoms with Crippen LogP contribution in [0.4, 0.5) is 0 Å². The maximum atomic E-state index is 6.02. The second kappa shape index (κ2) is 12.0. The average molecular weight is 369 g/mol. The Bertz CT molecular complexity index is 684. The number of nitrogens with zero attached hydrogens (tertiary/aromatic N) is 2. The summed E-state index contributed by atoms with van der Waals surface area (Å²) in [6.45, 7) is 9.48. The van der Waals surface area contributed by atoms with Crippen molar-refractivity contribution in [2.24, 2.45) is 4.99 Å². The van der Waals surface area contributed by atoms with Gasteiger partial charge in [0, 0.05) is 32.2 Å². The molecule has 0 radical (unpaired) electrons. The normalized spacial score (nSPS) is 11.5. The molecule has 2 N–H and O–H groups in total. The van der Waals surface area contributed by atoms with Crippen LogP contribution in [-0.4, -0.2) is 44.1 Å². The summed E-state index contributed by atoms with van der Waals surface area (Å²) in [6, 6.07) is 18.5. The molecule has 0 unspecified atom stereocenters. The Kier molecular flexibility index (Phi) is 9.21. The lowest BCUT2D eigenvalue weighted by atomic mass is 10.2. The fourth-order valence-corrected chi connectivity index (χ4v) is 2.80. The van der Waals surface area contributed by atoms with Gasteiger partial charge in [0.15, 0.2) is 5.96 Å². The molecule has 5 nitrogen and oxygen atoms in total. The first-order valence-electron chi connectivity index (χ1n) is 9.68. The molecular formula is C22H32N4O. The van der Waals surface area contributed by atoms with Gasteiger partial charge < -0.3 is 20.3 Å². The second-order valence-electron chi connectivity index (χ2n) is 6.25. The molecule has 146 valence electrons. The molecule has 0 atom stereocenters. The van der Waals surface area contributed by atoms with Crippen LogP contribution in [0.1, 0.15) is 25.0 Å². The van der Waals surface area contributed by atoms with Crippen LogP contribution in [0.2, 0.25) is 0 Å². The molecule has 0 saturated carbocycles. The van der Waals surface area contributed by atoms with Crippen molar-refractivity contribution in [1.29, 1.82) is 0 Å². The molecular weight excluding hydrogens is 336 g/mol. The molecule has 5 heteroatoms. The highest BCUT2D eigenvalue weighted by Crippen LogP contribution is 2.17. The minimum absolute atomic E-state index is 0.663. The van der Waals surface area contributed by atoms with E-state index in [1.165, 1.54) is 5.56 Å². The number of aliphatic imine (C=N–C) groups is 1. The van der Waals surface area contributed by atoms with E-state index in [0.717, 1.165) is 43.5 Å². The number of hydrogen-bond donors (Lipinski definition) is 2. The lowest BCUT2D eigenvalue weighted by Gasteiger charge is -2.19. The number of nitrogens with one attached hydrogen (secondary N) is 2. The molecule has 0 aliphatic heterocycles. The summed E-state index contributed by atoms with van der Waals surface area (Å²) in [7, 11) is 1.78. The summed E-state index contributed by atoms with van der Waals surface area (Å²) in [6.07, 6.45) is 0. The van der Waals surface area contributed by atoms with E-state index < -0.39 is 0 Å². The fraction of sp³-hybridized carbons (Fsp3) is 0.409. The maximum absolute atomic E-state index is 6.02. The number of rotatable bonds is 10. The average Bonchev–Trinajstić information content (AvgIpc) is 2.73. The summed E-state index contributed by atoms with van der Waals surface area (Å²) in [5, 5.41) is 6.71. The van der Waals surface area contributed by atoms with E-state index in [2.05, 4.69) is 52.6 Å². The number of likely N-dealkylation sites (N-methyl/N-ethyl adjacent to an activating group) is 1. The SMILES string of the molecule is CCN(CC)CCOc1ccccc1CNC(=NC)NCc1ccccc1. The van der Waals surface area contributed by atoms with Crippen molar-refractivity contribution in [3.63, 3.8) is 0 Å². The minimum atomic E-state index is 0.663. The van der Waals surface area contributed by atoms with E-state index >= 15 is 0 Å². The van der Waals surface area contributed by atoms with Crippen LogP contribution in [-0.2, 0) is 13.1 Å². The van der Waals surface area contributed by atoms with Crippen molar-refractivity contribution >= 4 is 5.96 Å². The van der Waals surface area contributed by atoms with Crippen LogP contribution in [0.5, 0.6) is 5.75 Å². The zero-order valence-electron chi connectivity index (χ0n) is 16.7. The van der Waals surface area contributed by atoms with E-state index in [1.807, 2.05) is 36.4 Å². The lowest BCUT2D eigenvalue weighted by molar-refractivity contribution is 0.221. The van der Waals surface area contributed by atoms with E-state index in [4.69, 9.17) is 4.74 Å². The molecule has 0 fully saturated rings. The monoisotopic (exact) mass is 368 g/mol. The van der Waals surface area contributed by atoms with E-state index in [-0.39, 0.29) is 0 Å². The summed E-state index contributed by atoms with van der Waals surface area (Å²) in [4.78, 5) is 6.66. The van der Waals surface area contributed by atoms with Gasteiger partial charge in [-0.2, -0.15) is 0 Å². The van der Waals surface area contributed by atoms with Gasteiger partial charge in [0.2, 0.25) is 0 Å². The third-order valence-corrected chi connectivity index (χ3v) is 4.50. The quantitative estimate of drug-likeness (QED) is 0.499. The molecule has 0 aromatic heterocycles. The number of para-hydroxylation sites is 1. The molecule has 0 amide bonds. The highest BCUT2D eigenvalue weighted by atomic mass is 16.5. The lowest BCUT2D eigenvalue weighted by Crippen LogP contribution is -2.36. The number of benzene rings is 2. The Morgan fingerprint density at radius 3 is 2.30 bits per heavy atom. The van der Waals surface area contributed by atoms with Crippen molar-refractivity contribution in [2.75, 3.05) is 33.3 Å². The minimum Gasteiger partial charge on any atom is -0.492 e. The van der Waals surface area contributed by atoms with E-state index in [1.54, 1.807) is 7.05 Å². The van der Waals surface area contributed by atoms with Crippen molar-refractivity contribution < 1.29 is 4.74 Å². The molecule has 2 rings (SSSR count). The van der Waals surface area contributed by atoms with Gasteiger partial charge in [-0.1, -0.05) is 62.4 Å². The highest BCUT2D eigenvalue weighted by Gasteiger charge is 2.06. The van der Waals surface area contributed by atoms with Crippen molar-refractivity contribution in [2.45, 2.75) is 26.9 Å². The van der Waals surface area contributed by atoms with Gasteiger partial charge in [-0.25, -0.2) is 0 Å². The summed E-state index contributed by atoms with van der Waals surface area (Å²) >= 11 is 0. The van der Waals surface area contributed by atoms with Gasteiger partial charge in [0.25, 0.3) is 0 Å². The fourth-order valence-electron chi connectivity index (χ4n) is 2.80. The highest BCUT2D eigenvalue weighted by molar-refractivity contribution is 5.79. The number of guanidine groups is 1. The smallest absolute Gasteiger partial charge is 0.191 e. The Hall–Kier alpha value is -2.53. The predicted octanol–water partition coefficient (Wildman–Crippen LogP) is 3.27. The Morgan fingerprint density at radius 2 is 1.59 bits per heavy atom. The topological polar surface area (TPSA) is 48.9 Å². The van der Waals surface area contributed by atoms with Gasteiger partial charge >= 0.3 is 0 Å². The summed E-state index contributed by atoms with van der Waals surface area (Å²) in [5.74, 6) is 1.70. The third-order valence-electron chi connectivity index (χ3n) is 4.50. The molecule has 0 heterocycles. The molecule has 0 spiro atoms. The van der Waals surface area contributed by atoms with E-state index in [0.29, 0.717) is 13.2 Å². The Labute approximate surface area is 163 Å². The Balaban J connectivity index is 1.85. The van der Waals surface area contributed by atoms with Crippen LogP contribution >= 0.6 is 0 Å². The van der Waals surface area contributed by atoms with Gasteiger partial charge in [-0.3, -0.25) is 4.99 Å². The zero-order chi connectivity index (χ0) is 19.3. The predicted molar refractivity (Wildman–Crippen MR) is 113 cm³/mol. The molecule has 27 heavy (non-hydrogen) atoms. The van der Waals surface area contributed by atoms with Crippen LogP contribution in [0.25, 0.3) is 0 Å². The largest absolute Gasteiger partial charge is 0.492 e. The zero-order valence-corrected chi connectivity index (χ0v) is 16.7. The molecule has 0 aliphatic carbocycles. The standard InChI is InChI=1S/C22H32N4O/c1-4-26(5-2)15-16-27-21-14-10-9-13-20(21)18-25-22(23-3)24-17-19-11-7-6-8-12-19/h6-14H,4-5,15-18H2,1-3H3,(H2,23,24,25). The van der Waals surface area contributed by atoms with Gasteiger partial charge in [0.1, 0.15) is 12.4 Å². The van der Waals surface area contributed by atoms with E-state index in [9.17, 15) is 0 Å². The molecule has 0 bridgehead atoms. The first kappa shape index (κ1) is 20.8. The molecule has 2 aromatic carbocycles. The molecule has 2 aromatic rings. The second-order valence-corrected chi connectivity index (χ2v) is 6.25. The molecule has 0 aliphatic rings. The van der Waals surface area contributed by atoms with Crippen LogP contribution < -0.4 is 15.4 Å². The van der Waals surface area contributed by atoms with Crippen molar-refractivity contribution in [3.05, 3.63) is 65.7 Å². The van der Waals surface area contributed by atoms with Crippen LogP contribution in [0.3, 0.4) is 0 Å².